The zero-order chi connectivity index (χ0) is 13.5. The second-order valence-electron chi connectivity index (χ2n) is 5.20. The molecule has 2 rings (SSSR count). The van der Waals surface area contributed by atoms with Crippen LogP contribution in [0.4, 0.5) is 0 Å². The lowest BCUT2D eigenvalue weighted by atomic mass is 9.88. The van der Waals surface area contributed by atoms with Gasteiger partial charge in [0.1, 0.15) is 5.75 Å². The maximum atomic E-state index is 6.10. The van der Waals surface area contributed by atoms with Gasteiger partial charge in [0.15, 0.2) is 0 Å². The zero-order valence-corrected chi connectivity index (χ0v) is 11.8. The van der Waals surface area contributed by atoms with Crippen molar-refractivity contribution in [2.45, 2.75) is 38.5 Å². The molecule has 0 unspecified atom stereocenters. The lowest BCUT2D eigenvalue weighted by Crippen LogP contribution is -2.26. The van der Waals surface area contributed by atoms with E-state index in [1.165, 1.54) is 37.7 Å². The summed E-state index contributed by atoms with van der Waals surface area (Å²) in [5.41, 5.74) is 7.30. The molecule has 0 aromatic heterocycles. The highest BCUT2D eigenvalue weighted by Gasteiger charge is 2.16. The molecule has 1 saturated carbocycles. The van der Waals surface area contributed by atoms with Crippen molar-refractivity contribution < 1.29 is 4.74 Å². The van der Waals surface area contributed by atoms with Gasteiger partial charge in [0.05, 0.1) is 12.9 Å². The molecule has 0 atom stereocenters. The van der Waals surface area contributed by atoms with Crippen LogP contribution in [0.1, 0.15) is 37.7 Å². The van der Waals surface area contributed by atoms with Gasteiger partial charge < -0.3 is 10.5 Å². The second kappa shape index (κ2) is 7.17. The minimum absolute atomic E-state index is 0.520. The number of aliphatic imine (C=N–C) groups is 1. The minimum Gasteiger partial charge on any atom is -0.496 e. The van der Waals surface area contributed by atoms with Crippen LogP contribution >= 0.6 is 0 Å². The summed E-state index contributed by atoms with van der Waals surface area (Å²) >= 11 is 0. The predicted octanol–water partition coefficient (Wildman–Crippen LogP) is 3.18. The van der Waals surface area contributed by atoms with Gasteiger partial charge in [0.25, 0.3) is 0 Å². The first-order valence-electron chi connectivity index (χ1n) is 7.23. The van der Waals surface area contributed by atoms with Crippen molar-refractivity contribution in [1.82, 2.24) is 0 Å². The third kappa shape index (κ3) is 3.98. The Labute approximate surface area is 115 Å². The Bertz CT molecular complexity index is 423. The largest absolute Gasteiger partial charge is 0.496 e. The van der Waals surface area contributed by atoms with Gasteiger partial charge in [-0.25, -0.2) is 0 Å². The summed E-state index contributed by atoms with van der Waals surface area (Å²) in [6.07, 6.45) is 7.26. The van der Waals surface area contributed by atoms with E-state index in [9.17, 15) is 0 Å². The van der Waals surface area contributed by atoms with Crippen LogP contribution in [0.15, 0.2) is 29.3 Å². The molecule has 1 aromatic rings. The van der Waals surface area contributed by atoms with E-state index in [4.69, 9.17) is 10.5 Å². The Morgan fingerprint density at radius 2 is 2.00 bits per heavy atom. The Balaban J connectivity index is 1.87. The molecule has 1 aliphatic rings. The van der Waals surface area contributed by atoms with Crippen LogP contribution in [-0.4, -0.2) is 19.5 Å². The predicted molar refractivity (Wildman–Crippen MR) is 79.8 cm³/mol. The molecule has 1 aliphatic carbocycles. The van der Waals surface area contributed by atoms with Gasteiger partial charge >= 0.3 is 0 Å². The number of rotatable bonds is 5. The van der Waals surface area contributed by atoms with Gasteiger partial charge in [-0.3, -0.25) is 4.99 Å². The zero-order valence-electron chi connectivity index (χ0n) is 11.8. The molecule has 1 fully saturated rings. The molecule has 0 radical (unpaired) electrons. The maximum absolute atomic E-state index is 6.10. The highest BCUT2D eigenvalue weighted by atomic mass is 16.5. The van der Waals surface area contributed by atoms with Crippen molar-refractivity contribution in [1.29, 1.82) is 0 Å². The fourth-order valence-corrected chi connectivity index (χ4v) is 2.74. The Kier molecular flexibility index (Phi) is 5.25. The van der Waals surface area contributed by atoms with E-state index < -0.39 is 0 Å². The van der Waals surface area contributed by atoms with E-state index in [-0.39, 0.29) is 0 Å². The number of methoxy groups -OCH3 is 1. The number of ether oxygens (including phenoxy) is 1. The average molecular weight is 260 g/mol. The summed E-state index contributed by atoms with van der Waals surface area (Å²) in [5.74, 6) is 2.31. The van der Waals surface area contributed by atoms with Gasteiger partial charge in [-0.1, -0.05) is 37.5 Å². The lowest BCUT2D eigenvalue weighted by molar-refractivity contribution is 0.409. The fraction of sp³-hybridized carbons (Fsp3) is 0.562. The summed E-state index contributed by atoms with van der Waals surface area (Å²) in [5, 5.41) is 0. The molecular weight excluding hydrogens is 236 g/mol. The van der Waals surface area contributed by atoms with E-state index in [0.717, 1.165) is 24.6 Å². The molecule has 104 valence electrons. The molecule has 0 amide bonds. The highest BCUT2D eigenvalue weighted by molar-refractivity contribution is 5.82. The lowest BCUT2D eigenvalue weighted by Gasteiger charge is -2.20. The first kappa shape index (κ1) is 13.9. The summed E-state index contributed by atoms with van der Waals surface area (Å²) in [6.45, 7) is 0.753. The SMILES string of the molecule is COc1ccccc1CCN=C(N)C1CCCCC1. The van der Waals surface area contributed by atoms with Gasteiger partial charge in [0, 0.05) is 12.5 Å². The Morgan fingerprint density at radius 3 is 2.74 bits per heavy atom. The highest BCUT2D eigenvalue weighted by Crippen LogP contribution is 2.23. The van der Waals surface area contributed by atoms with Crippen LogP contribution in [0.5, 0.6) is 5.75 Å². The number of nitrogens with two attached hydrogens (primary N) is 1. The molecule has 19 heavy (non-hydrogen) atoms. The molecule has 0 aliphatic heterocycles. The van der Waals surface area contributed by atoms with Crippen molar-refractivity contribution >= 4 is 5.84 Å². The van der Waals surface area contributed by atoms with Crippen molar-refractivity contribution in [2.75, 3.05) is 13.7 Å². The standard InChI is InChI=1S/C16H24N2O/c1-19-15-10-6-5-7-13(15)11-12-18-16(17)14-8-3-2-4-9-14/h5-7,10,14H,2-4,8-9,11-12H2,1H3,(H2,17,18). The quantitative estimate of drug-likeness (QED) is 0.653. The first-order valence-corrected chi connectivity index (χ1v) is 7.23. The normalized spacial score (nSPS) is 17.4. The van der Waals surface area contributed by atoms with Crippen LogP contribution in [0.2, 0.25) is 0 Å². The van der Waals surface area contributed by atoms with E-state index in [0.29, 0.717) is 5.92 Å². The topological polar surface area (TPSA) is 47.6 Å². The number of benzene rings is 1. The molecule has 3 heteroatoms. The van der Waals surface area contributed by atoms with Gasteiger partial charge in [-0.05, 0) is 30.9 Å². The summed E-state index contributed by atoms with van der Waals surface area (Å²) in [6, 6.07) is 8.10. The first-order chi connectivity index (χ1) is 9.31. The molecule has 0 saturated heterocycles. The average Bonchev–Trinajstić information content (AvgIpc) is 2.48. The van der Waals surface area contributed by atoms with Crippen molar-refractivity contribution in [3.05, 3.63) is 29.8 Å². The van der Waals surface area contributed by atoms with Gasteiger partial charge in [0.2, 0.25) is 0 Å². The summed E-state index contributed by atoms with van der Waals surface area (Å²) < 4.78 is 5.34. The molecule has 3 nitrogen and oxygen atoms in total. The number of hydrogen-bond acceptors (Lipinski definition) is 2. The smallest absolute Gasteiger partial charge is 0.122 e. The third-order valence-electron chi connectivity index (χ3n) is 3.89. The molecule has 0 bridgehead atoms. The van der Waals surface area contributed by atoms with Crippen LogP contribution in [0.3, 0.4) is 0 Å². The number of nitrogens with zero attached hydrogens (tertiary/aromatic N) is 1. The number of para-hydroxylation sites is 1. The third-order valence-corrected chi connectivity index (χ3v) is 3.89. The maximum Gasteiger partial charge on any atom is 0.122 e. The molecule has 2 N–H and O–H groups in total. The van der Waals surface area contributed by atoms with Crippen LogP contribution < -0.4 is 10.5 Å². The second-order valence-corrected chi connectivity index (χ2v) is 5.20. The van der Waals surface area contributed by atoms with Crippen LogP contribution in [0.25, 0.3) is 0 Å². The van der Waals surface area contributed by atoms with E-state index in [1.54, 1.807) is 7.11 Å². The summed E-state index contributed by atoms with van der Waals surface area (Å²) in [4.78, 5) is 4.56. The van der Waals surface area contributed by atoms with Crippen molar-refractivity contribution in [2.24, 2.45) is 16.6 Å². The molecule has 1 aromatic carbocycles. The van der Waals surface area contributed by atoms with Gasteiger partial charge in [-0.2, -0.15) is 0 Å². The number of hydrogen-bond donors (Lipinski definition) is 1. The van der Waals surface area contributed by atoms with Crippen molar-refractivity contribution in [3.63, 3.8) is 0 Å². The minimum atomic E-state index is 0.520. The van der Waals surface area contributed by atoms with Gasteiger partial charge in [-0.15, -0.1) is 0 Å². The summed E-state index contributed by atoms with van der Waals surface area (Å²) in [7, 11) is 1.71. The van der Waals surface area contributed by atoms with E-state index >= 15 is 0 Å². The van der Waals surface area contributed by atoms with E-state index in [1.807, 2.05) is 18.2 Å². The van der Waals surface area contributed by atoms with E-state index in [2.05, 4.69) is 11.1 Å². The Hall–Kier alpha value is -1.51. The van der Waals surface area contributed by atoms with Crippen molar-refractivity contribution in [3.8, 4) is 5.75 Å². The number of amidine groups is 1. The van der Waals surface area contributed by atoms with Crippen LogP contribution in [-0.2, 0) is 6.42 Å². The molecular formula is C16H24N2O. The van der Waals surface area contributed by atoms with Crippen LogP contribution in [0, 0.1) is 5.92 Å². The Morgan fingerprint density at radius 1 is 1.26 bits per heavy atom. The monoisotopic (exact) mass is 260 g/mol. The fourth-order valence-electron chi connectivity index (χ4n) is 2.74. The molecule has 0 spiro atoms. The molecule has 0 heterocycles.